The number of hydrogen-bond acceptors (Lipinski definition) is 5. The standard InChI is InChI=1S/C17H23BrN4O2S.HI/c1-10-15(25-11(2)22-10)9-21-17(19-3)20-8-12-6-13(18)16(24-5)14(7-12)23-4;/h6-7H,8-9H2,1-5H3,(H2,19,20,21);1H. The lowest BCUT2D eigenvalue weighted by Gasteiger charge is -2.14. The van der Waals surface area contributed by atoms with Crippen molar-refractivity contribution in [2.75, 3.05) is 21.3 Å². The predicted molar refractivity (Wildman–Crippen MR) is 121 cm³/mol. The molecule has 9 heteroatoms. The van der Waals surface area contributed by atoms with Crippen LogP contribution in [0.25, 0.3) is 0 Å². The van der Waals surface area contributed by atoms with Crippen LogP contribution in [0, 0.1) is 13.8 Å². The average molecular weight is 555 g/mol. The monoisotopic (exact) mass is 554 g/mol. The van der Waals surface area contributed by atoms with Crippen molar-refractivity contribution in [2.45, 2.75) is 26.9 Å². The van der Waals surface area contributed by atoms with Crippen LogP contribution in [0.5, 0.6) is 11.5 Å². The number of aliphatic imine (C=N–C) groups is 1. The molecule has 2 N–H and O–H groups in total. The third-order valence-corrected chi connectivity index (χ3v) is 5.25. The number of nitrogens with one attached hydrogen (secondary N) is 2. The van der Waals surface area contributed by atoms with Gasteiger partial charge in [0.2, 0.25) is 0 Å². The number of guanidine groups is 1. The molecule has 6 nitrogen and oxygen atoms in total. The highest BCUT2D eigenvalue weighted by Crippen LogP contribution is 2.36. The Kier molecular flexibility index (Phi) is 9.66. The molecule has 0 aliphatic carbocycles. The zero-order valence-corrected chi connectivity index (χ0v) is 20.2. The first kappa shape index (κ1) is 23.0. The Hall–Kier alpha value is -1.07. The third kappa shape index (κ3) is 5.98. The topological polar surface area (TPSA) is 67.8 Å². The molecule has 0 aliphatic heterocycles. The summed E-state index contributed by atoms with van der Waals surface area (Å²) in [6.45, 7) is 5.35. The lowest BCUT2D eigenvalue weighted by molar-refractivity contribution is 0.352. The second kappa shape index (κ2) is 10.9. The number of ether oxygens (including phenoxy) is 2. The summed E-state index contributed by atoms with van der Waals surface area (Å²) in [5.74, 6) is 2.11. The number of aromatic nitrogens is 1. The molecular formula is C17H24BrIN4O2S. The summed E-state index contributed by atoms with van der Waals surface area (Å²) in [6, 6.07) is 3.94. The smallest absolute Gasteiger partial charge is 0.191 e. The van der Waals surface area contributed by atoms with E-state index in [-0.39, 0.29) is 24.0 Å². The Bertz CT molecular complexity index is 767. The van der Waals surface area contributed by atoms with Gasteiger partial charge in [-0.1, -0.05) is 0 Å². The van der Waals surface area contributed by atoms with Crippen molar-refractivity contribution in [3.05, 3.63) is 37.7 Å². The highest BCUT2D eigenvalue weighted by atomic mass is 127. The van der Waals surface area contributed by atoms with E-state index in [2.05, 4.69) is 36.5 Å². The van der Waals surface area contributed by atoms with Crippen molar-refractivity contribution in [1.82, 2.24) is 15.6 Å². The molecule has 0 saturated carbocycles. The quantitative estimate of drug-likeness (QED) is 0.321. The molecule has 1 aromatic carbocycles. The van der Waals surface area contributed by atoms with Gasteiger partial charge in [-0.25, -0.2) is 4.98 Å². The van der Waals surface area contributed by atoms with Gasteiger partial charge in [-0.15, -0.1) is 35.3 Å². The minimum Gasteiger partial charge on any atom is -0.493 e. The van der Waals surface area contributed by atoms with Crippen molar-refractivity contribution in [3.8, 4) is 11.5 Å². The minimum atomic E-state index is 0. The molecule has 0 unspecified atom stereocenters. The first-order valence-electron chi connectivity index (χ1n) is 7.76. The summed E-state index contributed by atoms with van der Waals surface area (Å²) in [6.07, 6.45) is 0. The zero-order chi connectivity index (χ0) is 18.4. The highest BCUT2D eigenvalue weighted by Gasteiger charge is 2.11. The van der Waals surface area contributed by atoms with E-state index in [1.165, 1.54) is 4.88 Å². The number of rotatable bonds is 6. The SMILES string of the molecule is CN=C(NCc1cc(Br)c(OC)c(OC)c1)NCc1sc(C)nc1C.I. The number of benzene rings is 1. The first-order valence-corrected chi connectivity index (χ1v) is 9.37. The first-order chi connectivity index (χ1) is 12.0. The van der Waals surface area contributed by atoms with Gasteiger partial charge < -0.3 is 20.1 Å². The molecule has 0 atom stereocenters. The van der Waals surface area contributed by atoms with Gasteiger partial charge in [0.15, 0.2) is 17.5 Å². The highest BCUT2D eigenvalue weighted by molar-refractivity contribution is 14.0. The van der Waals surface area contributed by atoms with Gasteiger partial charge in [0, 0.05) is 18.5 Å². The molecule has 26 heavy (non-hydrogen) atoms. The van der Waals surface area contributed by atoms with Gasteiger partial charge in [0.25, 0.3) is 0 Å². The van der Waals surface area contributed by atoms with Crippen LogP contribution in [-0.2, 0) is 13.1 Å². The second-order valence-corrected chi connectivity index (χ2v) is 7.48. The van der Waals surface area contributed by atoms with Gasteiger partial charge in [0.05, 0.1) is 35.9 Å². The van der Waals surface area contributed by atoms with Crippen molar-refractivity contribution in [3.63, 3.8) is 0 Å². The van der Waals surface area contributed by atoms with Gasteiger partial charge in [-0.05, 0) is 47.5 Å². The molecule has 0 fully saturated rings. The molecule has 2 aromatic rings. The van der Waals surface area contributed by atoms with Crippen molar-refractivity contribution >= 4 is 57.2 Å². The molecule has 1 heterocycles. The van der Waals surface area contributed by atoms with Crippen LogP contribution >= 0.6 is 51.2 Å². The summed E-state index contributed by atoms with van der Waals surface area (Å²) in [5, 5.41) is 7.70. The van der Waals surface area contributed by atoms with Crippen LogP contribution in [-0.4, -0.2) is 32.2 Å². The molecule has 2 rings (SSSR count). The Morgan fingerprint density at radius 3 is 2.42 bits per heavy atom. The van der Waals surface area contributed by atoms with E-state index in [0.29, 0.717) is 24.6 Å². The van der Waals surface area contributed by atoms with E-state index in [1.54, 1.807) is 32.6 Å². The van der Waals surface area contributed by atoms with Crippen LogP contribution < -0.4 is 20.1 Å². The van der Waals surface area contributed by atoms with Gasteiger partial charge in [0.1, 0.15) is 0 Å². The van der Waals surface area contributed by atoms with Crippen LogP contribution in [0.2, 0.25) is 0 Å². The fourth-order valence-electron chi connectivity index (χ4n) is 2.38. The van der Waals surface area contributed by atoms with Crippen LogP contribution in [0.4, 0.5) is 0 Å². The maximum Gasteiger partial charge on any atom is 0.191 e. The number of nitrogens with zero attached hydrogens (tertiary/aromatic N) is 2. The number of hydrogen-bond donors (Lipinski definition) is 2. The summed E-state index contributed by atoms with van der Waals surface area (Å²) >= 11 is 5.21. The molecule has 0 spiro atoms. The Balaban J connectivity index is 0.00000338. The maximum atomic E-state index is 5.38. The van der Waals surface area contributed by atoms with Crippen molar-refractivity contribution in [1.29, 1.82) is 0 Å². The number of thiazole rings is 1. The van der Waals surface area contributed by atoms with E-state index in [9.17, 15) is 0 Å². The van der Waals surface area contributed by atoms with Gasteiger partial charge in [-0.2, -0.15) is 0 Å². The van der Waals surface area contributed by atoms with E-state index in [0.717, 1.165) is 26.7 Å². The second-order valence-electron chi connectivity index (χ2n) is 5.33. The molecule has 144 valence electrons. The largest absolute Gasteiger partial charge is 0.493 e. The summed E-state index contributed by atoms with van der Waals surface area (Å²) in [4.78, 5) is 9.92. The summed E-state index contributed by atoms with van der Waals surface area (Å²) in [7, 11) is 5.00. The fraction of sp³-hybridized carbons (Fsp3) is 0.412. The van der Waals surface area contributed by atoms with Crippen LogP contribution in [0.1, 0.15) is 21.1 Å². The molecule has 0 bridgehead atoms. The molecule has 0 aliphatic rings. The number of methoxy groups -OCH3 is 2. The van der Waals surface area contributed by atoms with Crippen LogP contribution in [0.3, 0.4) is 0 Å². The normalized spacial score (nSPS) is 10.9. The molecule has 1 aromatic heterocycles. The fourth-order valence-corrected chi connectivity index (χ4v) is 3.91. The lowest BCUT2D eigenvalue weighted by Crippen LogP contribution is -2.36. The van der Waals surface area contributed by atoms with E-state index >= 15 is 0 Å². The molecular weight excluding hydrogens is 531 g/mol. The van der Waals surface area contributed by atoms with Crippen LogP contribution in [0.15, 0.2) is 21.6 Å². The van der Waals surface area contributed by atoms with Gasteiger partial charge in [-0.3, -0.25) is 4.99 Å². The Morgan fingerprint density at radius 2 is 1.88 bits per heavy atom. The average Bonchev–Trinajstić information content (AvgIpc) is 2.91. The third-order valence-electron chi connectivity index (χ3n) is 3.59. The number of halogens is 2. The number of aryl methyl sites for hydroxylation is 2. The Morgan fingerprint density at radius 1 is 1.19 bits per heavy atom. The summed E-state index contributed by atoms with van der Waals surface area (Å²) in [5.41, 5.74) is 2.12. The molecule has 0 radical (unpaired) electrons. The summed E-state index contributed by atoms with van der Waals surface area (Å²) < 4.78 is 11.6. The lowest BCUT2D eigenvalue weighted by atomic mass is 10.2. The van der Waals surface area contributed by atoms with Crippen molar-refractivity contribution in [2.24, 2.45) is 4.99 Å². The van der Waals surface area contributed by atoms with E-state index in [1.807, 2.05) is 26.0 Å². The Labute approximate surface area is 184 Å². The minimum absolute atomic E-state index is 0. The predicted octanol–water partition coefficient (Wildman–Crippen LogP) is 4.02. The van der Waals surface area contributed by atoms with E-state index in [4.69, 9.17) is 9.47 Å². The molecule has 0 amide bonds. The van der Waals surface area contributed by atoms with Gasteiger partial charge >= 0.3 is 0 Å². The maximum absolute atomic E-state index is 5.38. The molecule has 0 saturated heterocycles. The zero-order valence-electron chi connectivity index (χ0n) is 15.5. The van der Waals surface area contributed by atoms with Crippen molar-refractivity contribution < 1.29 is 9.47 Å². The van der Waals surface area contributed by atoms with E-state index < -0.39 is 0 Å².